The highest BCUT2D eigenvalue weighted by atomic mass is 32.2. The third-order valence-electron chi connectivity index (χ3n) is 2.77. The summed E-state index contributed by atoms with van der Waals surface area (Å²) in [6.07, 6.45) is 0. The largest absolute Gasteiger partial charge is 0.399 e. The number of hydrogen-bond acceptors (Lipinski definition) is 5. The first-order chi connectivity index (χ1) is 9.85. The average Bonchev–Trinajstić information content (AvgIpc) is 2.38. The number of methoxy groups -OCH3 is 1. The number of hydrogen-bond donors (Lipinski definition) is 2. The molecule has 0 saturated carbocycles. The molecule has 0 radical (unpaired) electrons. The molecule has 0 bridgehead atoms. The minimum absolute atomic E-state index is 0.195. The van der Waals surface area contributed by atoms with E-state index >= 15 is 0 Å². The Bertz CT molecular complexity index is 575. The summed E-state index contributed by atoms with van der Waals surface area (Å²) in [6, 6.07) is 6.66. The van der Waals surface area contributed by atoms with E-state index in [1.165, 1.54) is 14.2 Å². The molecule has 0 atom stereocenters. The predicted octanol–water partition coefficient (Wildman–Crippen LogP) is -0.207. The summed E-state index contributed by atoms with van der Waals surface area (Å²) in [4.78, 5) is 11.6. The van der Waals surface area contributed by atoms with Gasteiger partial charge in [-0.1, -0.05) is 12.1 Å². The summed E-state index contributed by atoms with van der Waals surface area (Å²) in [5.74, 6) is -0.564. The Morgan fingerprint density at radius 1 is 1.43 bits per heavy atom. The van der Waals surface area contributed by atoms with Crippen LogP contribution in [0.25, 0.3) is 0 Å². The van der Waals surface area contributed by atoms with E-state index < -0.39 is 10.0 Å². The van der Waals surface area contributed by atoms with Crippen LogP contribution in [0, 0.1) is 0 Å². The maximum absolute atomic E-state index is 12.2. The zero-order valence-electron chi connectivity index (χ0n) is 12.2. The molecule has 8 heteroatoms. The lowest BCUT2D eigenvalue weighted by atomic mass is 10.2. The average molecular weight is 315 g/mol. The van der Waals surface area contributed by atoms with Crippen molar-refractivity contribution in [3.8, 4) is 0 Å². The van der Waals surface area contributed by atoms with Crippen molar-refractivity contribution in [3.05, 3.63) is 29.8 Å². The van der Waals surface area contributed by atoms with Gasteiger partial charge in [0.05, 0.1) is 18.9 Å². The number of sulfonamides is 1. The molecule has 1 amide bonds. The number of likely N-dealkylation sites (N-methyl/N-ethyl adjacent to an activating group) is 1. The summed E-state index contributed by atoms with van der Waals surface area (Å²) >= 11 is 0. The van der Waals surface area contributed by atoms with Crippen LogP contribution >= 0.6 is 0 Å². The molecule has 0 aliphatic rings. The number of carbonyl (C=O) groups excluding carboxylic acids is 1. The Morgan fingerprint density at radius 2 is 2.14 bits per heavy atom. The second-order valence-electron chi connectivity index (χ2n) is 4.60. The number of anilines is 1. The van der Waals surface area contributed by atoms with E-state index in [1.54, 1.807) is 24.3 Å². The molecule has 7 nitrogen and oxygen atoms in total. The Morgan fingerprint density at radius 3 is 2.76 bits per heavy atom. The van der Waals surface area contributed by atoms with Crippen molar-refractivity contribution in [2.45, 2.75) is 5.75 Å². The molecule has 1 aromatic rings. The van der Waals surface area contributed by atoms with Crippen molar-refractivity contribution in [1.29, 1.82) is 0 Å². The molecule has 0 aromatic heterocycles. The zero-order valence-corrected chi connectivity index (χ0v) is 13.0. The van der Waals surface area contributed by atoms with Crippen molar-refractivity contribution < 1.29 is 17.9 Å². The maximum Gasteiger partial charge on any atom is 0.235 e. The number of nitrogen functional groups attached to an aromatic ring is 1. The molecule has 0 unspecified atom stereocenters. The molecule has 0 heterocycles. The summed E-state index contributed by atoms with van der Waals surface area (Å²) in [5, 5.41) is 2.57. The zero-order chi connectivity index (χ0) is 15.9. The molecule has 0 aliphatic carbocycles. The van der Waals surface area contributed by atoms with Gasteiger partial charge in [-0.25, -0.2) is 8.42 Å². The lowest BCUT2D eigenvalue weighted by Gasteiger charge is -2.17. The van der Waals surface area contributed by atoms with Gasteiger partial charge in [-0.3, -0.25) is 4.79 Å². The SMILES string of the molecule is COCCNC(=O)CN(C)S(=O)(=O)Cc1cccc(N)c1. The van der Waals surface area contributed by atoms with E-state index in [9.17, 15) is 13.2 Å². The number of carbonyl (C=O) groups is 1. The van der Waals surface area contributed by atoms with Gasteiger partial charge in [0.15, 0.2) is 0 Å². The van der Waals surface area contributed by atoms with Crippen molar-refractivity contribution in [2.24, 2.45) is 0 Å². The molecular weight excluding hydrogens is 294 g/mol. The van der Waals surface area contributed by atoms with Crippen molar-refractivity contribution in [1.82, 2.24) is 9.62 Å². The van der Waals surface area contributed by atoms with E-state index in [-0.39, 0.29) is 18.2 Å². The lowest BCUT2D eigenvalue weighted by Crippen LogP contribution is -2.39. The van der Waals surface area contributed by atoms with Gasteiger partial charge in [0, 0.05) is 26.4 Å². The van der Waals surface area contributed by atoms with E-state index in [1.807, 2.05) is 0 Å². The fraction of sp³-hybridized carbons (Fsp3) is 0.462. The van der Waals surface area contributed by atoms with Gasteiger partial charge in [0.1, 0.15) is 0 Å². The fourth-order valence-electron chi connectivity index (χ4n) is 1.65. The first-order valence-corrected chi connectivity index (χ1v) is 8.00. The summed E-state index contributed by atoms with van der Waals surface area (Å²) < 4.78 is 30.1. The highest BCUT2D eigenvalue weighted by Gasteiger charge is 2.21. The number of amides is 1. The quantitative estimate of drug-likeness (QED) is 0.511. The minimum Gasteiger partial charge on any atom is -0.399 e. The lowest BCUT2D eigenvalue weighted by molar-refractivity contribution is -0.121. The van der Waals surface area contributed by atoms with Crippen LogP contribution in [-0.4, -0.2) is 52.5 Å². The van der Waals surface area contributed by atoms with E-state index in [4.69, 9.17) is 10.5 Å². The van der Waals surface area contributed by atoms with Gasteiger partial charge in [0.2, 0.25) is 15.9 Å². The molecule has 0 aliphatic heterocycles. The molecule has 21 heavy (non-hydrogen) atoms. The van der Waals surface area contributed by atoms with E-state index in [0.29, 0.717) is 24.4 Å². The van der Waals surface area contributed by atoms with Gasteiger partial charge < -0.3 is 15.8 Å². The second kappa shape index (κ2) is 7.96. The fourth-order valence-corrected chi connectivity index (χ4v) is 2.79. The monoisotopic (exact) mass is 315 g/mol. The van der Waals surface area contributed by atoms with Crippen LogP contribution in [0.15, 0.2) is 24.3 Å². The first kappa shape index (κ1) is 17.4. The van der Waals surface area contributed by atoms with Crippen molar-refractivity contribution in [3.63, 3.8) is 0 Å². The summed E-state index contributed by atoms with van der Waals surface area (Å²) in [6.45, 7) is 0.498. The molecule has 3 N–H and O–H groups in total. The molecule has 1 rings (SSSR count). The van der Waals surface area contributed by atoms with Gasteiger partial charge in [-0.05, 0) is 17.7 Å². The highest BCUT2D eigenvalue weighted by Crippen LogP contribution is 2.12. The maximum atomic E-state index is 12.2. The van der Waals surface area contributed by atoms with Crippen LogP contribution in [-0.2, 0) is 25.3 Å². The molecular formula is C13H21N3O4S. The highest BCUT2D eigenvalue weighted by molar-refractivity contribution is 7.88. The Labute approximate surface area is 125 Å². The minimum atomic E-state index is -3.57. The molecule has 1 aromatic carbocycles. The standard InChI is InChI=1S/C13H21N3O4S/c1-16(9-13(17)15-6-7-20-2)21(18,19)10-11-4-3-5-12(14)8-11/h3-5,8H,6-7,9-10,14H2,1-2H3,(H,15,17). The molecule has 0 spiro atoms. The molecule has 0 saturated heterocycles. The Kier molecular flexibility index (Phi) is 6.60. The van der Waals surface area contributed by atoms with Crippen LogP contribution in [0.3, 0.4) is 0 Å². The Balaban J connectivity index is 2.59. The number of ether oxygens (including phenoxy) is 1. The Hall–Kier alpha value is -1.64. The predicted molar refractivity (Wildman–Crippen MR) is 81.0 cm³/mol. The van der Waals surface area contributed by atoms with E-state index in [2.05, 4.69) is 5.32 Å². The third kappa shape index (κ3) is 6.11. The van der Waals surface area contributed by atoms with Gasteiger partial charge in [-0.2, -0.15) is 4.31 Å². The number of rotatable bonds is 8. The van der Waals surface area contributed by atoms with Crippen LogP contribution in [0.2, 0.25) is 0 Å². The number of benzene rings is 1. The number of nitrogens with two attached hydrogens (primary N) is 1. The van der Waals surface area contributed by atoms with Gasteiger partial charge in [-0.15, -0.1) is 0 Å². The second-order valence-corrected chi connectivity index (χ2v) is 6.68. The van der Waals surface area contributed by atoms with Crippen LogP contribution in [0.5, 0.6) is 0 Å². The van der Waals surface area contributed by atoms with Crippen LogP contribution < -0.4 is 11.1 Å². The van der Waals surface area contributed by atoms with Gasteiger partial charge >= 0.3 is 0 Å². The smallest absolute Gasteiger partial charge is 0.235 e. The van der Waals surface area contributed by atoms with Crippen molar-refractivity contribution >= 4 is 21.6 Å². The van der Waals surface area contributed by atoms with Crippen LogP contribution in [0.1, 0.15) is 5.56 Å². The van der Waals surface area contributed by atoms with Crippen LogP contribution in [0.4, 0.5) is 5.69 Å². The van der Waals surface area contributed by atoms with Crippen molar-refractivity contribution in [2.75, 3.05) is 39.6 Å². The first-order valence-electron chi connectivity index (χ1n) is 6.39. The number of nitrogens with one attached hydrogen (secondary N) is 1. The third-order valence-corrected chi connectivity index (χ3v) is 4.55. The molecule has 118 valence electrons. The summed E-state index contributed by atoms with van der Waals surface area (Å²) in [7, 11) is -0.675. The molecule has 0 fully saturated rings. The normalized spacial score (nSPS) is 11.6. The number of nitrogens with zero attached hydrogens (tertiary/aromatic N) is 1. The van der Waals surface area contributed by atoms with Gasteiger partial charge in [0.25, 0.3) is 0 Å². The van der Waals surface area contributed by atoms with E-state index in [0.717, 1.165) is 4.31 Å². The summed E-state index contributed by atoms with van der Waals surface area (Å²) in [5.41, 5.74) is 6.71. The topological polar surface area (TPSA) is 102 Å².